The Bertz CT molecular complexity index is 1160. The number of carbonyl (C=O) groups excluding carboxylic acids is 2. The Morgan fingerprint density at radius 3 is 2.24 bits per heavy atom. The van der Waals surface area contributed by atoms with Gasteiger partial charge in [0.1, 0.15) is 5.75 Å². The van der Waals surface area contributed by atoms with Crippen molar-refractivity contribution in [1.82, 2.24) is 0 Å². The molecule has 7 heteroatoms. The second-order valence-electron chi connectivity index (χ2n) is 6.51. The Balaban J connectivity index is 1.84. The fourth-order valence-corrected chi connectivity index (χ4v) is 4.04. The van der Waals surface area contributed by atoms with Crippen LogP contribution in [0, 0.1) is 6.92 Å². The van der Waals surface area contributed by atoms with Gasteiger partial charge in [0.05, 0.1) is 10.6 Å². The molecule has 0 fully saturated rings. The fraction of sp³-hybridized carbons (Fsp3) is 0.0909. The summed E-state index contributed by atoms with van der Waals surface area (Å²) in [6.07, 6.45) is 0. The molecular formula is C22H18ClNO4S. The molecule has 3 aromatic carbocycles. The molecule has 0 aliphatic rings. The number of rotatable bonds is 6. The van der Waals surface area contributed by atoms with E-state index >= 15 is 0 Å². The summed E-state index contributed by atoms with van der Waals surface area (Å²) in [5.74, 6) is -1.74. The zero-order chi connectivity index (χ0) is 21.0. The molecule has 5 nitrogen and oxygen atoms in total. The maximum absolute atomic E-state index is 12.9. The molecule has 0 spiro atoms. The summed E-state index contributed by atoms with van der Waals surface area (Å²) in [6.45, 7) is 1.83. The van der Waals surface area contributed by atoms with Crippen LogP contribution in [0.2, 0.25) is 5.02 Å². The molecular weight excluding hydrogens is 410 g/mol. The van der Waals surface area contributed by atoms with Crippen molar-refractivity contribution in [3.05, 3.63) is 94.5 Å². The van der Waals surface area contributed by atoms with Gasteiger partial charge in [0.15, 0.2) is 15.6 Å². The van der Waals surface area contributed by atoms with E-state index in [0.29, 0.717) is 16.1 Å². The van der Waals surface area contributed by atoms with E-state index in [0.717, 1.165) is 5.56 Å². The van der Waals surface area contributed by atoms with Gasteiger partial charge in [-0.1, -0.05) is 53.6 Å². The molecule has 0 aliphatic carbocycles. The third-order valence-corrected chi connectivity index (χ3v) is 6.11. The molecule has 3 aromatic rings. The van der Waals surface area contributed by atoms with Crippen LogP contribution in [-0.2, 0) is 14.6 Å². The number of halogens is 1. The van der Waals surface area contributed by atoms with E-state index in [1.807, 2.05) is 6.92 Å². The van der Waals surface area contributed by atoms with Crippen LogP contribution in [0.15, 0.2) is 77.7 Å². The lowest BCUT2D eigenvalue weighted by molar-refractivity contribution is -0.113. The predicted molar refractivity (Wildman–Crippen MR) is 113 cm³/mol. The van der Waals surface area contributed by atoms with E-state index in [2.05, 4.69) is 5.32 Å². The minimum absolute atomic E-state index is 0.00143. The van der Waals surface area contributed by atoms with E-state index in [1.54, 1.807) is 48.5 Å². The SMILES string of the molecule is Cc1ccc(NC(=O)CS(=O)(=O)c2ccc(Cl)cc2)c(C(=O)c2ccccc2)c1. The van der Waals surface area contributed by atoms with Gasteiger partial charge in [-0.15, -0.1) is 0 Å². The average molecular weight is 428 g/mol. The first-order valence-electron chi connectivity index (χ1n) is 8.75. The van der Waals surface area contributed by atoms with Crippen LogP contribution >= 0.6 is 11.6 Å². The highest BCUT2D eigenvalue weighted by molar-refractivity contribution is 7.92. The fourth-order valence-electron chi connectivity index (χ4n) is 2.78. The Hall–Kier alpha value is -2.96. The first kappa shape index (κ1) is 20.8. The minimum Gasteiger partial charge on any atom is -0.325 e. The molecule has 0 heterocycles. The minimum atomic E-state index is -3.85. The molecule has 3 rings (SSSR count). The zero-order valence-corrected chi connectivity index (χ0v) is 17.1. The molecule has 1 N–H and O–H groups in total. The predicted octanol–water partition coefficient (Wildman–Crippen LogP) is 4.29. The summed E-state index contributed by atoms with van der Waals surface area (Å²) in [4.78, 5) is 25.3. The highest BCUT2D eigenvalue weighted by Crippen LogP contribution is 2.22. The second kappa shape index (κ2) is 8.59. The number of amides is 1. The number of anilines is 1. The van der Waals surface area contributed by atoms with Crippen molar-refractivity contribution in [2.45, 2.75) is 11.8 Å². The highest BCUT2D eigenvalue weighted by atomic mass is 35.5. The van der Waals surface area contributed by atoms with Crippen LogP contribution in [0.3, 0.4) is 0 Å². The number of benzene rings is 3. The van der Waals surface area contributed by atoms with Gasteiger partial charge in [-0.3, -0.25) is 9.59 Å². The van der Waals surface area contributed by atoms with Crippen molar-refractivity contribution < 1.29 is 18.0 Å². The topological polar surface area (TPSA) is 80.3 Å². The van der Waals surface area contributed by atoms with E-state index < -0.39 is 21.5 Å². The van der Waals surface area contributed by atoms with Crippen molar-refractivity contribution in [2.24, 2.45) is 0 Å². The third-order valence-electron chi connectivity index (χ3n) is 4.22. The molecule has 0 unspecified atom stereocenters. The number of nitrogens with one attached hydrogen (secondary N) is 1. The second-order valence-corrected chi connectivity index (χ2v) is 8.93. The van der Waals surface area contributed by atoms with E-state index in [1.165, 1.54) is 24.3 Å². The van der Waals surface area contributed by atoms with Gasteiger partial charge in [-0.05, 0) is 43.3 Å². The maximum Gasteiger partial charge on any atom is 0.239 e. The molecule has 0 radical (unpaired) electrons. The zero-order valence-electron chi connectivity index (χ0n) is 15.6. The molecule has 148 valence electrons. The van der Waals surface area contributed by atoms with Gasteiger partial charge in [0.2, 0.25) is 5.91 Å². The summed E-state index contributed by atoms with van der Waals surface area (Å²) >= 11 is 5.78. The molecule has 0 aliphatic heterocycles. The number of carbonyl (C=O) groups is 2. The van der Waals surface area contributed by atoms with Crippen molar-refractivity contribution in [1.29, 1.82) is 0 Å². The van der Waals surface area contributed by atoms with Crippen LogP contribution in [-0.4, -0.2) is 25.9 Å². The molecule has 0 aromatic heterocycles. The largest absolute Gasteiger partial charge is 0.325 e. The molecule has 0 bridgehead atoms. The Morgan fingerprint density at radius 1 is 0.931 bits per heavy atom. The molecule has 0 saturated carbocycles. The summed E-state index contributed by atoms with van der Waals surface area (Å²) < 4.78 is 24.9. The Kier molecular flexibility index (Phi) is 6.15. The summed E-state index contributed by atoms with van der Waals surface area (Å²) in [7, 11) is -3.85. The first-order valence-corrected chi connectivity index (χ1v) is 10.8. The van der Waals surface area contributed by atoms with E-state index in [9.17, 15) is 18.0 Å². The Labute approximate surface area is 174 Å². The normalized spacial score (nSPS) is 11.1. The summed E-state index contributed by atoms with van der Waals surface area (Å²) in [5.41, 5.74) is 1.88. The van der Waals surface area contributed by atoms with Gasteiger partial charge >= 0.3 is 0 Å². The van der Waals surface area contributed by atoms with Crippen molar-refractivity contribution in [3.63, 3.8) is 0 Å². The quantitative estimate of drug-likeness (QED) is 0.595. The highest BCUT2D eigenvalue weighted by Gasteiger charge is 2.21. The van der Waals surface area contributed by atoms with Crippen molar-refractivity contribution >= 4 is 38.8 Å². The lowest BCUT2D eigenvalue weighted by atomic mass is 10.00. The number of aryl methyl sites for hydroxylation is 1. The van der Waals surface area contributed by atoms with Crippen molar-refractivity contribution in [3.8, 4) is 0 Å². The smallest absolute Gasteiger partial charge is 0.239 e. The lowest BCUT2D eigenvalue weighted by Gasteiger charge is -2.12. The number of hydrogen-bond acceptors (Lipinski definition) is 4. The van der Waals surface area contributed by atoms with Gasteiger partial charge in [-0.2, -0.15) is 0 Å². The van der Waals surface area contributed by atoms with Gasteiger partial charge in [0.25, 0.3) is 0 Å². The number of hydrogen-bond donors (Lipinski definition) is 1. The molecule has 0 saturated heterocycles. The van der Waals surface area contributed by atoms with Gasteiger partial charge in [-0.25, -0.2) is 8.42 Å². The van der Waals surface area contributed by atoms with Gasteiger partial charge in [0, 0.05) is 16.1 Å². The average Bonchev–Trinajstić information content (AvgIpc) is 2.69. The van der Waals surface area contributed by atoms with Crippen LogP contribution in [0.25, 0.3) is 0 Å². The van der Waals surface area contributed by atoms with Crippen LogP contribution in [0.1, 0.15) is 21.5 Å². The first-order chi connectivity index (χ1) is 13.8. The van der Waals surface area contributed by atoms with Crippen LogP contribution in [0.4, 0.5) is 5.69 Å². The van der Waals surface area contributed by atoms with E-state index in [4.69, 9.17) is 11.6 Å². The monoisotopic (exact) mass is 427 g/mol. The third kappa shape index (κ3) is 5.10. The van der Waals surface area contributed by atoms with Crippen LogP contribution in [0.5, 0.6) is 0 Å². The van der Waals surface area contributed by atoms with Crippen LogP contribution < -0.4 is 5.32 Å². The summed E-state index contributed by atoms with van der Waals surface area (Å²) in [5, 5.41) is 2.96. The lowest BCUT2D eigenvalue weighted by Crippen LogP contribution is -2.24. The summed E-state index contributed by atoms with van der Waals surface area (Å²) in [6, 6.07) is 19.3. The van der Waals surface area contributed by atoms with Crippen molar-refractivity contribution in [2.75, 3.05) is 11.1 Å². The Morgan fingerprint density at radius 2 is 1.59 bits per heavy atom. The maximum atomic E-state index is 12.9. The van der Waals surface area contributed by atoms with Gasteiger partial charge < -0.3 is 5.32 Å². The standard InChI is InChI=1S/C22H18ClNO4S/c1-15-7-12-20(19(13-15)22(26)16-5-3-2-4-6-16)24-21(25)14-29(27,28)18-10-8-17(23)9-11-18/h2-13H,14H2,1H3,(H,24,25). The molecule has 1 amide bonds. The number of ketones is 1. The molecule has 0 atom stereocenters. The molecule has 29 heavy (non-hydrogen) atoms. The number of sulfone groups is 1. The van der Waals surface area contributed by atoms with E-state index in [-0.39, 0.29) is 16.4 Å².